The molecule has 1 aliphatic heterocycles. The van der Waals surface area contributed by atoms with Crippen molar-refractivity contribution in [2.24, 2.45) is 0 Å². The highest BCUT2D eigenvalue weighted by molar-refractivity contribution is 5.94. The van der Waals surface area contributed by atoms with Gasteiger partial charge in [-0.2, -0.15) is 0 Å². The summed E-state index contributed by atoms with van der Waals surface area (Å²) in [5.41, 5.74) is 5.41. The van der Waals surface area contributed by atoms with E-state index in [9.17, 15) is 4.79 Å². The van der Waals surface area contributed by atoms with Crippen molar-refractivity contribution in [3.05, 3.63) is 77.0 Å². The van der Waals surface area contributed by atoms with Gasteiger partial charge in [-0.1, -0.05) is 35.4 Å². The Morgan fingerprint density at radius 3 is 2.54 bits per heavy atom. The standard InChI is InChI=1S/C24H27N3O/c1-17-13-18(2)15-20(14-17)24(28)27-11-8-21(9-12-27)26-16-19-7-10-25-23-6-4-3-5-22(19)23/h3-7,10,13-15,21,26H,8-9,11-12,16H2,1-2H3. The van der Waals surface area contributed by atoms with Gasteiger partial charge in [-0.3, -0.25) is 9.78 Å². The Bertz CT molecular complexity index is 965. The summed E-state index contributed by atoms with van der Waals surface area (Å²) in [6.45, 7) is 6.53. The molecule has 2 aromatic carbocycles. The monoisotopic (exact) mass is 373 g/mol. The summed E-state index contributed by atoms with van der Waals surface area (Å²) < 4.78 is 0. The molecule has 1 N–H and O–H groups in total. The van der Waals surface area contributed by atoms with Crippen LogP contribution in [0.15, 0.2) is 54.7 Å². The molecule has 0 bridgehead atoms. The summed E-state index contributed by atoms with van der Waals surface area (Å²) in [4.78, 5) is 19.3. The van der Waals surface area contributed by atoms with E-state index in [-0.39, 0.29) is 5.91 Å². The van der Waals surface area contributed by atoms with E-state index in [0.29, 0.717) is 6.04 Å². The number of aryl methyl sites for hydroxylation is 2. The normalized spacial score (nSPS) is 15.1. The molecule has 1 aromatic heterocycles. The number of hydrogen-bond donors (Lipinski definition) is 1. The van der Waals surface area contributed by atoms with Gasteiger partial charge in [0.2, 0.25) is 0 Å². The van der Waals surface area contributed by atoms with E-state index in [1.54, 1.807) is 0 Å². The summed E-state index contributed by atoms with van der Waals surface area (Å²) in [5.74, 6) is 0.158. The molecule has 28 heavy (non-hydrogen) atoms. The minimum Gasteiger partial charge on any atom is -0.339 e. The number of rotatable bonds is 4. The molecule has 4 nitrogen and oxygen atoms in total. The third kappa shape index (κ3) is 4.07. The number of piperidine rings is 1. The van der Waals surface area contributed by atoms with Crippen LogP contribution >= 0.6 is 0 Å². The number of likely N-dealkylation sites (tertiary alicyclic amines) is 1. The highest BCUT2D eigenvalue weighted by atomic mass is 16.2. The highest BCUT2D eigenvalue weighted by Crippen LogP contribution is 2.19. The Morgan fingerprint density at radius 2 is 1.79 bits per heavy atom. The van der Waals surface area contributed by atoms with E-state index in [1.807, 2.05) is 43.1 Å². The van der Waals surface area contributed by atoms with Crippen molar-refractivity contribution in [3.63, 3.8) is 0 Å². The van der Waals surface area contributed by atoms with Crippen molar-refractivity contribution in [1.82, 2.24) is 15.2 Å². The lowest BCUT2D eigenvalue weighted by Crippen LogP contribution is -2.44. The molecule has 1 aliphatic rings. The summed E-state index contributed by atoms with van der Waals surface area (Å²) in [5, 5.41) is 4.89. The molecule has 0 spiro atoms. The Hall–Kier alpha value is -2.72. The summed E-state index contributed by atoms with van der Waals surface area (Å²) in [6.07, 6.45) is 3.85. The molecular formula is C24H27N3O. The summed E-state index contributed by atoms with van der Waals surface area (Å²) >= 11 is 0. The summed E-state index contributed by atoms with van der Waals surface area (Å²) in [6, 6.07) is 16.9. The van der Waals surface area contributed by atoms with Crippen molar-refractivity contribution in [2.75, 3.05) is 13.1 Å². The predicted molar refractivity (Wildman–Crippen MR) is 113 cm³/mol. The van der Waals surface area contributed by atoms with Gasteiger partial charge in [0.25, 0.3) is 5.91 Å². The van der Waals surface area contributed by atoms with Crippen molar-refractivity contribution >= 4 is 16.8 Å². The van der Waals surface area contributed by atoms with Crippen molar-refractivity contribution in [1.29, 1.82) is 0 Å². The predicted octanol–water partition coefficient (Wildman–Crippen LogP) is 4.25. The number of fused-ring (bicyclic) bond motifs is 1. The zero-order valence-corrected chi connectivity index (χ0v) is 16.6. The molecule has 4 heteroatoms. The molecule has 3 aromatic rings. The van der Waals surface area contributed by atoms with E-state index < -0.39 is 0 Å². The number of nitrogens with zero attached hydrogens (tertiary/aromatic N) is 2. The average Bonchev–Trinajstić information content (AvgIpc) is 2.71. The number of nitrogens with one attached hydrogen (secondary N) is 1. The number of amides is 1. The first-order chi connectivity index (χ1) is 13.6. The molecular weight excluding hydrogens is 346 g/mol. The largest absolute Gasteiger partial charge is 0.339 e. The van der Waals surface area contributed by atoms with Gasteiger partial charge in [-0.25, -0.2) is 0 Å². The van der Waals surface area contributed by atoms with Crippen molar-refractivity contribution in [2.45, 2.75) is 39.3 Å². The topological polar surface area (TPSA) is 45.2 Å². The van der Waals surface area contributed by atoms with Crippen LogP contribution in [0.25, 0.3) is 10.9 Å². The number of carbonyl (C=O) groups excluding carboxylic acids is 1. The second-order valence-electron chi connectivity index (χ2n) is 7.81. The molecule has 0 atom stereocenters. The maximum atomic E-state index is 12.8. The number of hydrogen-bond acceptors (Lipinski definition) is 3. The van der Waals surface area contributed by atoms with Crippen molar-refractivity contribution < 1.29 is 4.79 Å². The lowest BCUT2D eigenvalue weighted by molar-refractivity contribution is 0.0704. The lowest BCUT2D eigenvalue weighted by atomic mass is 10.0. The second kappa shape index (κ2) is 8.11. The van der Waals surface area contributed by atoms with E-state index in [0.717, 1.165) is 54.7 Å². The number of para-hydroxylation sites is 1. The number of aromatic nitrogens is 1. The summed E-state index contributed by atoms with van der Waals surface area (Å²) in [7, 11) is 0. The fraction of sp³-hybridized carbons (Fsp3) is 0.333. The first kappa shape index (κ1) is 18.6. The minimum absolute atomic E-state index is 0.158. The number of carbonyl (C=O) groups is 1. The fourth-order valence-electron chi connectivity index (χ4n) is 4.13. The molecule has 0 radical (unpaired) electrons. The third-order valence-corrected chi connectivity index (χ3v) is 5.57. The molecule has 144 valence electrons. The lowest BCUT2D eigenvalue weighted by Gasteiger charge is -2.32. The van der Waals surface area contributed by atoms with Crippen LogP contribution in [0.5, 0.6) is 0 Å². The van der Waals surface area contributed by atoms with E-state index >= 15 is 0 Å². The molecule has 2 heterocycles. The highest BCUT2D eigenvalue weighted by Gasteiger charge is 2.23. The van der Waals surface area contributed by atoms with Gasteiger partial charge in [-0.05, 0) is 56.5 Å². The Kier molecular flexibility index (Phi) is 5.40. The van der Waals surface area contributed by atoms with Gasteiger partial charge in [-0.15, -0.1) is 0 Å². The van der Waals surface area contributed by atoms with Crippen LogP contribution in [0, 0.1) is 13.8 Å². The van der Waals surface area contributed by atoms with Gasteiger partial charge in [0.1, 0.15) is 0 Å². The molecule has 0 saturated carbocycles. The average molecular weight is 374 g/mol. The SMILES string of the molecule is Cc1cc(C)cc(C(=O)N2CCC(NCc3ccnc4ccccc34)CC2)c1. The van der Waals surface area contributed by atoms with Crippen LogP contribution < -0.4 is 5.32 Å². The van der Waals surface area contributed by atoms with Gasteiger partial charge in [0.15, 0.2) is 0 Å². The van der Waals surface area contributed by atoms with E-state index in [4.69, 9.17) is 0 Å². The van der Waals surface area contributed by atoms with Crippen LogP contribution in [0.4, 0.5) is 0 Å². The second-order valence-corrected chi connectivity index (χ2v) is 7.81. The number of pyridine rings is 1. The Balaban J connectivity index is 1.34. The van der Waals surface area contributed by atoms with Crippen LogP contribution in [0.1, 0.15) is 39.9 Å². The zero-order valence-electron chi connectivity index (χ0n) is 16.6. The minimum atomic E-state index is 0.158. The van der Waals surface area contributed by atoms with E-state index in [2.05, 4.69) is 40.6 Å². The zero-order chi connectivity index (χ0) is 19.5. The molecule has 1 fully saturated rings. The van der Waals surface area contributed by atoms with Crippen LogP contribution in [0.2, 0.25) is 0 Å². The van der Waals surface area contributed by atoms with Gasteiger partial charge in [0.05, 0.1) is 5.52 Å². The van der Waals surface area contributed by atoms with Gasteiger partial charge in [0, 0.05) is 42.8 Å². The first-order valence-electron chi connectivity index (χ1n) is 10.0. The fourth-order valence-corrected chi connectivity index (χ4v) is 4.13. The Labute approximate surface area is 166 Å². The Morgan fingerprint density at radius 1 is 1.07 bits per heavy atom. The quantitative estimate of drug-likeness (QED) is 0.744. The molecule has 0 aliphatic carbocycles. The first-order valence-corrected chi connectivity index (χ1v) is 10.0. The van der Waals surface area contributed by atoms with Gasteiger partial charge < -0.3 is 10.2 Å². The van der Waals surface area contributed by atoms with Crippen LogP contribution in [-0.2, 0) is 6.54 Å². The van der Waals surface area contributed by atoms with Gasteiger partial charge >= 0.3 is 0 Å². The third-order valence-electron chi connectivity index (χ3n) is 5.57. The van der Waals surface area contributed by atoms with Crippen molar-refractivity contribution in [3.8, 4) is 0 Å². The van der Waals surface area contributed by atoms with Crippen LogP contribution in [0.3, 0.4) is 0 Å². The smallest absolute Gasteiger partial charge is 0.253 e. The molecule has 0 unspecified atom stereocenters. The number of benzene rings is 2. The molecule has 1 saturated heterocycles. The van der Waals surface area contributed by atoms with Crippen LogP contribution in [-0.4, -0.2) is 34.9 Å². The maximum Gasteiger partial charge on any atom is 0.253 e. The molecule has 4 rings (SSSR count). The maximum absolute atomic E-state index is 12.8. The molecule has 1 amide bonds. The van der Waals surface area contributed by atoms with E-state index in [1.165, 1.54) is 10.9 Å².